The van der Waals surface area contributed by atoms with Gasteiger partial charge < -0.3 is 24.3 Å². The summed E-state index contributed by atoms with van der Waals surface area (Å²) in [6.45, 7) is 96.9. The molecule has 0 radical (unpaired) electrons. The fraction of sp³-hybridized carbons (Fsp3) is 0.871. The normalized spacial score (nSPS) is 26.0. The molecule has 18 heteroatoms. The molecule has 18 nitrogen and oxygen atoms in total. The second-order valence-corrected chi connectivity index (χ2v) is 45.9. The van der Waals surface area contributed by atoms with E-state index in [-0.39, 0.29) is 34.2 Å². The van der Waals surface area contributed by atoms with Gasteiger partial charge in [0.15, 0.2) is 0 Å². The molecule has 642 valence electrons. The van der Waals surface area contributed by atoms with Gasteiger partial charge in [-0.15, -0.1) is 0 Å². The van der Waals surface area contributed by atoms with Gasteiger partial charge in [0, 0.05) is 212 Å². The molecule has 9 saturated heterocycles. The maximum atomic E-state index is 11.4. The summed E-state index contributed by atoms with van der Waals surface area (Å²) in [5, 5.41) is 8.74. The van der Waals surface area contributed by atoms with Crippen molar-refractivity contribution in [2.24, 2.45) is 36.3 Å². The second kappa shape index (κ2) is 38.0. The summed E-state index contributed by atoms with van der Waals surface area (Å²) in [6, 6.07) is 10.4. The number of hydrogen-bond donors (Lipinski definition) is 0. The highest BCUT2D eigenvalue weighted by molar-refractivity contribution is 5.68. The number of rotatable bonds is 1. The van der Waals surface area contributed by atoms with E-state index >= 15 is 0 Å². The van der Waals surface area contributed by atoms with Crippen LogP contribution >= 0.6 is 0 Å². The Morgan fingerprint density at radius 2 is 1.05 bits per heavy atom. The number of carbonyl (C=O) groups excluding carboxylic acids is 1. The largest absolute Gasteiger partial charge is 0.445 e. The zero-order valence-corrected chi connectivity index (χ0v) is 80.3. The first-order chi connectivity index (χ1) is 50.3. The van der Waals surface area contributed by atoms with Gasteiger partial charge in [0.1, 0.15) is 6.10 Å². The van der Waals surface area contributed by atoms with E-state index in [2.05, 4.69) is 332 Å². The average molecular weight is 1550 g/mol. The maximum Gasteiger partial charge on any atom is 0.409 e. The lowest BCUT2D eigenvalue weighted by atomic mass is 9.81. The van der Waals surface area contributed by atoms with E-state index < -0.39 is 0 Å². The Morgan fingerprint density at radius 3 is 1.44 bits per heavy atom. The number of pyridine rings is 1. The molecule has 11 aliphatic heterocycles. The Bertz CT molecular complexity index is 3230. The van der Waals surface area contributed by atoms with Crippen LogP contribution in [0.15, 0.2) is 30.6 Å². The summed E-state index contributed by atoms with van der Waals surface area (Å²) in [6.07, 6.45) is 11.5. The third-order valence-electron chi connectivity index (χ3n) is 24.7. The minimum atomic E-state index is -0.170. The number of likely N-dealkylation sites (N-methyl/N-ethyl adjacent to an activating group) is 3. The van der Waals surface area contributed by atoms with E-state index in [0.717, 1.165) is 56.3 Å². The smallest absolute Gasteiger partial charge is 0.409 e. The van der Waals surface area contributed by atoms with Crippen molar-refractivity contribution in [1.82, 2.24) is 78.4 Å². The third kappa shape index (κ3) is 28.9. The van der Waals surface area contributed by atoms with Crippen LogP contribution in [0.2, 0.25) is 0 Å². The van der Waals surface area contributed by atoms with E-state index in [1.807, 2.05) is 56.7 Å². The van der Waals surface area contributed by atoms with Crippen molar-refractivity contribution in [1.29, 1.82) is 0 Å². The van der Waals surface area contributed by atoms with Crippen LogP contribution in [0.3, 0.4) is 0 Å². The van der Waals surface area contributed by atoms with Crippen molar-refractivity contribution in [2.75, 3.05) is 113 Å². The minimum absolute atomic E-state index is 0.0895. The number of nitrogens with zero attached hydrogens (tertiary/aromatic N) is 16. The Balaban J connectivity index is 0.000000224. The maximum absolute atomic E-state index is 11.4. The molecule has 9 fully saturated rings. The van der Waals surface area contributed by atoms with E-state index in [4.69, 9.17) is 4.74 Å². The molecule has 0 aromatic carbocycles. The molecular weight excluding hydrogens is 1370 g/mol. The summed E-state index contributed by atoms with van der Waals surface area (Å²) in [5.74, 6) is 0.977. The van der Waals surface area contributed by atoms with Gasteiger partial charge >= 0.3 is 6.09 Å². The molecule has 0 saturated carbocycles. The summed E-state index contributed by atoms with van der Waals surface area (Å²) in [4.78, 5) is 42.9. The van der Waals surface area contributed by atoms with Gasteiger partial charge in [0.05, 0.1) is 28.8 Å². The van der Waals surface area contributed by atoms with Crippen LogP contribution < -0.4 is 0 Å². The number of fused-ring (bicyclic) bond motifs is 10. The van der Waals surface area contributed by atoms with Crippen molar-refractivity contribution >= 4 is 6.09 Å². The van der Waals surface area contributed by atoms with Crippen molar-refractivity contribution < 1.29 is 9.53 Å². The number of likely N-dealkylation sites (tertiary alicyclic amines) is 6. The Labute approximate surface area is 685 Å². The number of aryl methyl sites for hydroxylation is 3. The average Bonchev–Trinajstić information content (AvgIpc) is 1.56. The number of hydrogen-bond acceptors (Lipinski definition) is 15. The fourth-order valence-electron chi connectivity index (χ4n) is 18.1. The number of piperazine rings is 2. The Hall–Kier alpha value is -3.56. The van der Waals surface area contributed by atoms with Gasteiger partial charge in [0.2, 0.25) is 0 Å². The number of ether oxygens (including phenoxy) is 1. The first-order valence-corrected chi connectivity index (χ1v) is 43.6. The summed E-state index contributed by atoms with van der Waals surface area (Å²) >= 11 is 0. The predicted molar refractivity (Wildman–Crippen MR) is 473 cm³/mol. The highest BCUT2D eigenvalue weighted by Gasteiger charge is 2.50. The molecule has 3 aromatic rings. The molecule has 6 bridgehead atoms. The monoisotopic (exact) mass is 1550 g/mol. The molecule has 11 aliphatic rings. The lowest BCUT2D eigenvalue weighted by Crippen LogP contribution is -2.60. The van der Waals surface area contributed by atoms with Crippen LogP contribution in [0, 0.1) is 29.1 Å². The summed E-state index contributed by atoms with van der Waals surface area (Å²) < 4.78 is 9.24. The van der Waals surface area contributed by atoms with Crippen molar-refractivity contribution in [3.8, 4) is 0 Å². The number of aromatic nitrogens is 5. The van der Waals surface area contributed by atoms with Gasteiger partial charge in [-0.2, -0.15) is 10.2 Å². The highest BCUT2D eigenvalue weighted by Crippen LogP contribution is 2.55. The fourth-order valence-corrected chi connectivity index (χ4v) is 18.1. The molecule has 14 heterocycles. The lowest BCUT2D eigenvalue weighted by Gasteiger charge is -2.52. The molecule has 7 atom stereocenters. The first-order valence-electron chi connectivity index (χ1n) is 43.6. The molecule has 7 unspecified atom stereocenters. The van der Waals surface area contributed by atoms with Gasteiger partial charge in [-0.1, -0.05) is 89.2 Å². The third-order valence-corrected chi connectivity index (χ3v) is 24.7. The molecule has 0 spiro atoms. The molecule has 0 N–H and O–H groups in total. The van der Waals surface area contributed by atoms with Crippen molar-refractivity contribution in [3.05, 3.63) is 64.5 Å². The zero-order valence-electron chi connectivity index (χ0n) is 80.3. The molecule has 14 rings (SSSR count). The number of carbonyl (C=O) groups is 1. The molecular formula is C93H178N16O2. The molecule has 1 amide bonds. The van der Waals surface area contributed by atoms with Gasteiger partial charge in [-0.25, -0.2) is 4.79 Å². The van der Waals surface area contributed by atoms with E-state index in [9.17, 15) is 4.79 Å². The minimum Gasteiger partial charge on any atom is -0.445 e. The van der Waals surface area contributed by atoms with E-state index in [1.54, 1.807) is 4.90 Å². The van der Waals surface area contributed by atoms with Gasteiger partial charge in [-0.05, 0) is 259 Å². The van der Waals surface area contributed by atoms with Crippen LogP contribution in [0.25, 0.3) is 0 Å². The van der Waals surface area contributed by atoms with Crippen LogP contribution in [-0.4, -0.2) is 267 Å². The highest BCUT2D eigenvalue weighted by atomic mass is 16.6. The van der Waals surface area contributed by atoms with Gasteiger partial charge in [-0.3, -0.25) is 48.6 Å². The van der Waals surface area contributed by atoms with Crippen molar-refractivity contribution in [3.63, 3.8) is 0 Å². The second-order valence-electron chi connectivity index (χ2n) is 45.9. The first kappa shape index (κ1) is 98.0. The Kier molecular flexibility index (Phi) is 33.6. The predicted octanol–water partition coefficient (Wildman–Crippen LogP) is 18.2. The van der Waals surface area contributed by atoms with Crippen LogP contribution in [0.5, 0.6) is 0 Å². The lowest BCUT2D eigenvalue weighted by molar-refractivity contribution is -0.0366. The van der Waals surface area contributed by atoms with Crippen LogP contribution in [0.1, 0.15) is 320 Å². The van der Waals surface area contributed by atoms with E-state index in [1.165, 1.54) is 132 Å². The Morgan fingerprint density at radius 1 is 0.523 bits per heavy atom. The standard InChI is InChI=1S/C13H18N2.C11H19N3.C11H20N2O2.C10H20N2.C10H22N2.C10H21N.2C9H19N.C8H14N2.C2H6/c1-13(2,3)15-10-6-7-11(15)12-9(10)5-4-8-14-12;1-8-9-6-14(11(2,3)4)7-10(9)13(5)12-8;1-11(2,3)13-7-9-5-8(13)6-12(4)10(14)15-9;1-10(2,3)12-7-8-5-9(12)6-11(8)4;1-9-8-12(10(2,3)4)7-6-11(9)5;1-9(2,3)11-7-6-10(4,5)8-11;1-9(2,3)5-8-6-10(4)7-8;1-8(2,3)10-6-9(4,5)7-10;1-8(2,3)7-5-6-10(4)9-7;1-2/h4-5,8,10-11H,6-7H2,1-3H3;6-7H2,1-5H3;8-9H,5-7H2,1-4H3;8-9H,5-7H2,1-4H3;9H,6-8H2,1-5H3;6-8H2,1-5H3;8H,5-7H2,1-4H3;6-7H2,1-5H3;5-6H,1-4H3;1-2H3. The quantitative estimate of drug-likeness (QED) is 0.230. The van der Waals surface area contributed by atoms with Crippen molar-refractivity contribution in [2.45, 2.75) is 380 Å². The molecule has 3 aromatic heterocycles. The topological polar surface area (TPSA) is 110 Å². The van der Waals surface area contributed by atoms with Gasteiger partial charge in [0.25, 0.3) is 0 Å². The van der Waals surface area contributed by atoms with Crippen LogP contribution in [0.4, 0.5) is 4.79 Å². The SMILES string of the molecule is CC.CC(C)(C)N1C2CCC1c1ncccc12.CC1(C)CCN(C(C)(C)C)C1.CC1(C)CN(C(C)(C)C)C1.CC1CN(C(C)(C)C)CCN1C.CN1CC(CC(C)(C)C)C1.CN1CC2CC(CN2C(C)(C)C)OC1=O.CN1CC2CC1CN2C(C)(C)C.Cc1nn(C)c2c1CN(C(C)(C)C)C2.Cn1ccc(C(C)(C)C)n1. The number of amides is 1. The van der Waals surface area contributed by atoms with E-state index in [0.29, 0.717) is 62.6 Å². The summed E-state index contributed by atoms with van der Waals surface area (Å²) in [7, 11) is 12.4. The van der Waals surface area contributed by atoms with Crippen LogP contribution in [-0.2, 0) is 37.3 Å². The molecule has 0 aliphatic carbocycles. The summed E-state index contributed by atoms with van der Waals surface area (Å²) in [5.41, 5.74) is 12.0. The molecule has 111 heavy (non-hydrogen) atoms. The zero-order chi connectivity index (χ0) is 84.9.